The van der Waals surface area contributed by atoms with Crippen LogP contribution in [-0.4, -0.2) is 30.5 Å². The number of rotatable bonds is 6. The van der Waals surface area contributed by atoms with Gasteiger partial charge in [0, 0.05) is 31.2 Å². The Morgan fingerprint density at radius 2 is 2.25 bits per heavy atom. The molecule has 0 unspecified atom stereocenters. The van der Waals surface area contributed by atoms with Crippen molar-refractivity contribution in [2.45, 2.75) is 13.5 Å². The Kier molecular flexibility index (Phi) is 4.44. The summed E-state index contributed by atoms with van der Waals surface area (Å²) in [4.78, 5) is 3.00. The number of nitrogens with zero attached hydrogens (tertiary/aromatic N) is 3. The van der Waals surface area contributed by atoms with E-state index in [1.807, 2.05) is 23.3 Å². The summed E-state index contributed by atoms with van der Waals surface area (Å²) in [5.74, 6) is -0.523. The third kappa shape index (κ3) is 4.31. The summed E-state index contributed by atoms with van der Waals surface area (Å²) < 4.78 is 35.8. The highest BCUT2D eigenvalue weighted by atomic mass is 32.3. The highest BCUT2D eigenvalue weighted by Crippen LogP contribution is 2.20. The number of anilines is 1. The Morgan fingerprint density at radius 3 is 2.75 bits per heavy atom. The van der Waals surface area contributed by atoms with Crippen molar-refractivity contribution in [3.05, 3.63) is 34.3 Å². The molecule has 0 atom stereocenters. The molecular weight excluding hydrogens is 301 g/mol. The van der Waals surface area contributed by atoms with Crippen molar-refractivity contribution in [1.29, 1.82) is 0 Å². The van der Waals surface area contributed by atoms with Gasteiger partial charge >= 0.3 is 10.2 Å². The second-order valence-electron chi connectivity index (χ2n) is 4.60. The van der Waals surface area contributed by atoms with Crippen molar-refractivity contribution in [3.63, 3.8) is 0 Å². The molecule has 0 N–H and O–H groups in total. The lowest BCUT2D eigenvalue weighted by atomic mass is 10.3. The molecule has 0 amide bonds. The Balaban J connectivity index is 2.15. The van der Waals surface area contributed by atoms with Crippen molar-refractivity contribution < 1.29 is 12.3 Å². The van der Waals surface area contributed by atoms with Gasteiger partial charge in [-0.2, -0.15) is 13.5 Å². The fourth-order valence-corrected chi connectivity index (χ4v) is 3.03. The Bertz CT molecular complexity index is 678. The summed E-state index contributed by atoms with van der Waals surface area (Å²) in [5, 5.41) is 6.08. The smallest absolute Gasteiger partial charge is 0.304 e. The van der Waals surface area contributed by atoms with Crippen LogP contribution in [0.3, 0.4) is 0 Å². The largest absolute Gasteiger partial charge is 0.364 e. The minimum atomic E-state index is -4.47. The molecule has 2 aromatic heterocycles. The van der Waals surface area contributed by atoms with Crippen LogP contribution in [0.15, 0.2) is 23.8 Å². The van der Waals surface area contributed by atoms with Gasteiger partial charge in [0.05, 0.1) is 17.6 Å². The van der Waals surface area contributed by atoms with Crippen LogP contribution in [0, 0.1) is 6.92 Å². The lowest BCUT2D eigenvalue weighted by Gasteiger charge is -2.21. The molecule has 0 aliphatic carbocycles. The Morgan fingerprint density at radius 1 is 1.50 bits per heavy atom. The molecule has 8 heteroatoms. The summed E-state index contributed by atoms with van der Waals surface area (Å²) in [6.45, 7) is 2.64. The molecule has 0 saturated carbocycles. The molecule has 0 radical (unpaired) electrons. The van der Waals surface area contributed by atoms with Crippen LogP contribution in [0.25, 0.3) is 0 Å². The standard InChI is InChI=1S/C12H16FN3O2S2/c1-10-5-11(9-19-10)7-16(3-4-20(13,17)18)12-6-14-15(2)8-12/h5-6,8-9H,3-4,7H2,1-2H3. The molecule has 110 valence electrons. The van der Waals surface area contributed by atoms with E-state index in [2.05, 4.69) is 5.10 Å². The molecule has 0 spiro atoms. The lowest BCUT2D eigenvalue weighted by molar-refractivity contribution is 0.550. The maximum absolute atomic E-state index is 12.7. The first-order valence-electron chi connectivity index (χ1n) is 6.03. The fraction of sp³-hybridized carbons (Fsp3) is 0.417. The zero-order valence-corrected chi connectivity index (χ0v) is 12.9. The number of hydrogen-bond donors (Lipinski definition) is 0. The van der Waals surface area contributed by atoms with Crippen LogP contribution in [0.5, 0.6) is 0 Å². The van der Waals surface area contributed by atoms with Gasteiger partial charge in [0.1, 0.15) is 0 Å². The normalized spacial score (nSPS) is 11.8. The Hall–Kier alpha value is -1.41. The van der Waals surface area contributed by atoms with Crippen molar-refractivity contribution in [2.75, 3.05) is 17.2 Å². The van der Waals surface area contributed by atoms with Gasteiger partial charge in [-0.15, -0.1) is 15.2 Å². The van der Waals surface area contributed by atoms with Gasteiger partial charge in [0.15, 0.2) is 0 Å². The van der Waals surface area contributed by atoms with Crippen molar-refractivity contribution >= 4 is 27.2 Å². The first kappa shape index (κ1) is 15.0. The SMILES string of the molecule is Cc1cc(CN(CCS(=O)(=O)F)c2cnn(C)c2)cs1. The third-order valence-electron chi connectivity index (χ3n) is 2.82. The summed E-state index contributed by atoms with van der Waals surface area (Å²) >= 11 is 1.63. The van der Waals surface area contributed by atoms with E-state index in [4.69, 9.17) is 0 Å². The maximum Gasteiger partial charge on any atom is 0.304 e. The van der Waals surface area contributed by atoms with E-state index in [0.717, 1.165) is 11.3 Å². The van der Waals surface area contributed by atoms with E-state index < -0.39 is 16.0 Å². The van der Waals surface area contributed by atoms with Gasteiger partial charge in [0.2, 0.25) is 0 Å². The summed E-state index contributed by atoms with van der Waals surface area (Å²) in [5.41, 5.74) is 1.85. The van der Waals surface area contributed by atoms with Crippen molar-refractivity contribution in [2.24, 2.45) is 7.05 Å². The molecule has 20 heavy (non-hydrogen) atoms. The zero-order chi connectivity index (χ0) is 14.8. The second-order valence-corrected chi connectivity index (χ2v) is 7.20. The summed E-state index contributed by atoms with van der Waals surface area (Å²) in [6, 6.07) is 2.04. The van der Waals surface area contributed by atoms with E-state index in [0.29, 0.717) is 6.54 Å². The van der Waals surface area contributed by atoms with Crippen molar-refractivity contribution in [3.8, 4) is 0 Å². The van der Waals surface area contributed by atoms with Gasteiger partial charge in [-0.25, -0.2) is 0 Å². The Labute approximate surface area is 121 Å². The molecule has 0 aliphatic heterocycles. The lowest BCUT2D eigenvalue weighted by Crippen LogP contribution is -2.27. The average molecular weight is 317 g/mol. The molecule has 0 bridgehead atoms. The molecular formula is C12H16FN3O2S2. The van der Waals surface area contributed by atoms with Crippen LogP contribution in [0.4, 0.5) is 9.57 Å². The summed E-state index contributed by atoms with van der Waals surface area (Å²) in [6.07, 6.45) is 3.42. The van der Waals surface area contributed by atoms with E-state index in [9.17, 15) is 12.3 Å². The van der Waals surface area contributed by atoms with Crippen molar-refractivity contribution in [1.82, 2.24) is 9.78 Å². The number of hydrogen-bond acceptors (Lipinski definition) is 5. The van der Waals surface area contributed by atoms with Gasteiger partial charge in [0.25, 0.3) is 0 Å². The van der Waals surface area contributed by atoms with E-state index >= 15 is 0 Å². The van der Waals surface area contributed by atoms with Crippen LogP contribution < -0.4 is 4.90 Å². The molecule has 2 aromatic rings. The highest BCUT2D eigenvalue weighted by Gasteiger charge is 2.15. The van der Waals surface area contributed by atoms with Crippen LogP contribution in [-0.2, 0) is 23.8 Å². The molecule has 0 aromatic carbocycles. The third-order valence-corrected chi connectivity index (χ3v) is 4.40. The monoisotopic (exact) mass is 317 g/mol. The number of aryl methyl sites for hydroxylation is 2. The topological polar surface area (TPSA) is 55.2 Å². The number of thiophene rings is 1. The molecule has 0 saturated heterocycles. The van der Waals surface area contributed by atoms with E-state index in [1.165, 1.54) is 4.88 Å². The van der Waals surface area contributed by atoms with E-state index in [1.54, 1.807) is 35.5 Å². The minimum Gasteiger partial charge on any atom is -0.364 e. The minimum absolute atomic E-state index is 0.0966. The summed E-state index contributed by atoms with van der Waals surface area (Å²) in [7, 11) is -2.69. The molecule has 0 fully saturated rings. The second kappa shape index (κ2) is 5.92. The predicted octanol–water partition coefficient (Wildman–Crippen LogP) is 2.10. The van der Waals surface area contributed by atoms with Gasteiger partial charge in [-0.3, -0.25) is 4.68 Å². The van der Waals surface area contributed by atoms with E-state index in [-0.39, 0.29) is 6.54 Å². The number of halogens is 1. The molecule has 5 nitrogen and oxygen atoms in total. The highest BCUT2D eigenvalue weighted by molar-refractivity contribution is 7.86. The number of aromatic nitrogens is 2. The first-order valence-corrected chi connectivity index (χ1v) is 8.47. The first-order chi connectivity index (χ1) is 9.33. The molecule has 2 rings (SSSR count). The maximum atomic E-state index is 12.7. The molecule has 0 aliphatic rings. The van der Waals surface area contributed by atoms with Crippen LogP contribution in [0.2, 0.25) is 0 Å². The quantitative estimate of drug-likeness (QED) is 0.766. The molecule has 2 heterocycles. The average Bonchev–Trinajstić information content (AvgIpc) is 2.92. The van der Waals surface area contributed by atoms with Crippen LogP contribution >= 0.6 is 11.3 Å². The zero-order valence-electron chi connectivity index (χ0n) is 11.3. The van der Waals surface area contributed by atoms with Gasteiger partial charge in [-0.05, 0) is 23.9 Å². The van der Waals surface area contributed by atoms with Gasteiger partial charge < -0.3 is 4.90 Å². The van der Waals surface area contributed by atoms with Crippen LogP contribution in [0.1, 0.15) is 10.4 Å². The van der Waals surface area contributed by atoms with Gasteiger partial charge in [-0.1, -0.05) is 0 Å². The predicted molar refractivity (Wildman–Crippen MR) is 78.2 cm³/mol. The fourth-order valence-electron chi connectivity index (χ4n) is 1.89.